The zero-order valence-corrected chi connectivity index (χ0v) is 10.8. The summed E-state index contributed by atoms with van der Waals surface area (Å²) in [5.74, 6) is -0.324. The molecular weight excluding hydrogens is 258 g/mol. The summed E-state index contributed by atoms with van der Waals surface area (Å²) in [6.07, 6.45) is 0. The first-order chi connectivity index (χ1) is 9.61. The highest BCUT2D eigenvalue weighted by Crippen LogP contribution is 2.20. The highest BCUT2D eigenvalue weighted by molar-refractivity contribution is 6.08. The Hall–Kier alpha value is -2.89. The molecule has 0 atom stereocenters. The number of benzene rings is 2. The molecule has 0 heterocycles. The Balaban J connectivity index is 2.23. The molecular formula is C14H13N3O3. The van der Waals surface area contributed by atoms with Crippen LogP contribution in [0.25, 0.3) is 0 Å². The summed E-state index contributed by atoms with van der Waals surface area (Å²) in [6, 6.07) is 12.8. The minimum atomic E-state index is -0.503. The van der Waals surface area contributed by atoms with Crippen LogP contribution in [0.5, 0.6) is 0 Å². The van der Waals surface area contributed by atoms with Crippen LogP contribution in [0.2, 0.25) is 0 Å². The average Bonchev–Trinajstić information content (AvgIpc) is 2.47. The van der Waals surface area contributed by atoms with Crippen LogP contribution in [0.4, 0.5) is 17.1 Å². The van der Waals surface area contributed by atoms with Crippen molar-refractivity contribution in [1.29, 1.82) is 0 Å². The molecule has 0 aliphatic carbocycles. The number of carbonyl (C=O) groups is 1. The summed E-state index contributed by atoms with van der Waals surface area (Å²) in [7, 11) is 1.72. The Kier molecular flexibility index (Phi) is 3.95. The number of para-hydroxylation sites is 1. The number of hydrogen-bond acceptors (Lipinski definition) is 4. The molecule has 0 unspecified atom stereocenters. The standard InChI is InChI=1S/C14H13N3O3/c1-15-13-8-3-2-7-12(13)14(18)16-10-5-4-6-11(9-10)17(19)20/h2-9,15H,1H3,(H,16,18). The minimum Gasteiger partial charge on any atom is -0.387 e. The molecule has 0 fully saturated rings. The minimum absolute atomic E-state index is 0.0651. The third-order valence-corrected chi connectivity index (χ3v) is 2.76. The maximum atomic E-state index is 12.2. The van der Waals surface area contributed by atoms with Gasteiger partial charge in [0.1, 0.15) is 0 Å². The molecule has 20 heavy (non-hydrogen) atoms. The van der Waals surface area contributed by atoms with E-state index >= 15 is 0 Å². The number of carbonyl (C=O) groups excluding carboxylic acids is 1. The van der Waals surface area contributed by atoms with E-state index in [-0.39, 0.29) is 11.6 Å². The number of anilines is 2. The number of nitro groups is 1. The predicted molar refractivity (Wildman–Crippen MR) is 77.0 cm³/mol. The van der Waals surface area contributed by atoms with Crippen molar-refractivity contribution in [3.8, 4) is 0 Å². The molecule has 2 aromatic carbocycles. The van der Waals surface area contributed by atoms with E-state index in [4.69, 9.17) is 0 Å². The highest BCUT2D eigenvalue weighted by atomic mass is 16.6. The number of nitro benzene ring substituents is 1. The lowest BCUT2D eigenvalue weighted by Crippen LogP contribution is -2.13. The zero-order chi connectivity index (χ0) is 14.5. The van der Waals surface area contributed by atoms with E-state index in [0.29, 0.717) is 16.9 Å². The number of non-ortho nitro benzene ring substituents is 1. The van der Waals surface area contributed by atoms with E-state index < -0.39 is 4.92 Å². The van der Waals surface area contributed by atoms with Crippen molar-refractivity contribution in [2.45, 2.75) is 0 Å². The Morgan fingerprint density at radius 2 is 1.90 bits per heavy atom. The lowest BCUT2D eigenvalue weighted by atomic mass is 10.1. The van der Waals surface area contributed by atoms with Gasteiger partial charge < -0.3 is 10.6 Å². The molecule has 2 aromatic rings. The van der Waals surface area contributed by atoms with Gasteiger partial charge in [-0.05, 0) is 18.2 Å². The van der Waals surface area contributed by atoms with Gasteiger partial charge in [0.25, 0.3) is 11.6 Å². The molecule has 2 N–H and O–H groups in total. The van der Waals surface area contributed by atoms with Crippen molar-refractivity contribution in [3.05, 3.63) is 64.2 Å². The van der Waals surface area contributed by atoms with Crippen LogP contribution in [0.15, 0.2) is 48.5 Å². The lowest BCUT2D eigenvalue weighted by molar-refractivity contribution is -0.384. The van der Waals surface area contributed by atoms with Gasteiger partial charge in [0.05, 0.1) is 10.5 Å². The number of amides is 1. The molecule has 102 valence electrons. The Morgan fingerprint density at radius 1 is 1.15 bits per heavy atom. The van der Waals surface area contributed by atoms with E-state index in [2.05, 4.69) is 10.6 Å². The van der Waals surface area contributed by atoms with Gasteiger partial charge in [-0.15, -0.1) is 0 Å². The van der Waals surface area contributed by atoms with E-state index in [1.54, 1.807) is 31.3 Å². The lowest BCUT2D eigenvalue weighted by Gasteiger charge is -2.09. The number of nitrogens with zero attached hydrogens (tertiary/aromatic N) is 1. The zero-order valence-electron chi connectivity index (χ0n) is 10.8. The highest BCUT2D eigenvalue weighted by Gasteiger charge is 2.12. The fourth-order valence-corrected chi connectivity index (χ4v) is 1.79. The fourth-order valence-electron chi connectivity index (χ4n) is 1.79. The summed E-state index contributed by atoms with van der Waals surface area (Å²) >= 11 is 0. The van der Waals surface area contributed by atoms with Gasteiger partial charge in [0.15, 0.2) is 0 Å². The summed E-state index contributed by atoms with van der Waals surface area (Å²) in [5.41, 5.74) is 1.48. The van der Waals surface area contributed by atoms with E-state index in [9.17, 15) is 14.9 Å². The Bertz CT molecular complexity index is 656. The molecule has 1 amide bonds. The van der Waals surface area contributed by atoms with Crippen molar-refractivity contribution >= 4 is 23.0 Å². The first kappa shape index (κ1) is 13.5. The van der Waals surface area contributed by atoms with E-state index in [1.165, 1.54) is 18.2 Å². The van der Waals surface area contributed by atoms with Gasteiger partial charge in [-0.25, -0.2) is 0 Å². The molecule has 0 aliphatic heterocycles. The molecule has 0 aromatic heterocycles. The van der Waals surface area contributed by atoms with Crippen LogP contribution in [-0.2, 0) is 0 Å². The summed E-state index contributed by atoms with van der Waals surface area (Å²) in [5, 5.41) is 16.3. The first-order valence-electron chi connectivity index (χ1n) is 5.94. The smallest absolute Gasteiger partial charge is 0.271 e. The maximum Gasteiger partial charge on any atom is 0.271 e. The second-order valence-corrected chi connectivity index (χ2v) is 4.06. The average molecular weight is 271 g/mol. The van der Waals surface area contributed by atoms with Crippen LogP contribution in [0.3, 0.4) is 0 Å². The van der Waals surface area contributed by atoms with Crippen LogP contribution in [0, 0.1) is 10.1 Å². The van der Waals surface area contributed by atoms with E-state index in [1.807, 2.05) is 6.07 Å². The number of hydrogen-bond donors (Lipinski definition) is 2. The third kappa shape index (κ3) is 2.92. The fraction of sp³-hybridized carbons (Fsp3) is 0.0714. The Labute approximate surface area is 115 Å². The molecule has 2 rings (SSSR count). The molecule has 0 bridgehead atoms. The van der Waals surface area contributed by atoms with Crippen LogP contribution in [0.1, 0.15) is 10.4 Å². The van der Waals surface area contributed by atoms with Crippen molar-refractivity contribution < 1.29 is 9.72 Å². The number of rotatable bonds is 4. The van der Waals surface area contributed by atoms with Gasteiger partial charge in [-0.3, -0.25) is 14.9 Å². The monoisotopic (exact) mass is 271 g/mol. The van der Waals surface area contributed by atoms with Crippen molar-refractivity contribution in [3.63, 3.8) is 0 Å². The largest absolute Gasteiger partial charge is 0.387 e. The molecule has 0 radical (unpaired) electrons. The quantitative estimate of drug-likeness (QED) is 0.661. The SMILES string of the molecule is CNc1ccccc1C(=O)Nc1cccc([N+](=O)[O-])c1. The molecule has 0 saturated carbocycles. The van der Waals surface area contributed by atoms with Crippen molar-refractivity contribution in [2.75, 3.05) is 17.7 Å². The first-order valence-corrected chi connectivity index (χ1v) is 5.94. The maximum absolute atomic E-state index is 12.2. The third-order valence-electron chi connectivity index (χ3n) is 2.76. The molecule has 6 heteroatoms. The Morgan fingerprint density at radius 3 is 2.60 bits per heavy atom. The second-order valence-electron chi connectivity index (χ2n) is 4.06. The summed E-state index contributed by atoms with van der Waals surface area (Å²) in [4.78, 5) is 22.3. The van der Waals surface area contributed by atoms with Crippen LogP contribution < -0.4 is 10.6 Å². The van der Waals surface area contributed by atoms with Gasteiger partial charge in [0.2, 0.25) is 0 Å². The van der Waals surface area contributed by atoms with E-state index in [0.717, 1.165) is 0 Å². The van der Waals surface area contributed by atoms with Crippen LogP contribution in [-0.4, -0.2) is 17.9 Å². The number of nitrogens with one attached hydrogen (secondary N) is 2. The van der Waals surface area contributed by atoms with Gasteiger partial charge in [0, 0.05) is 30.6 Å². The van der Waals surface area contributed by atoms with Gasteiger partial charge in [-0.2, -0.15) is 0 Å². The van der Waals surface area contributed by atoms with Crippen molar-refractivity contribution in [1.82, 2.24) is 0 Å². The molecule has 0 spiro atoms. The van der Waals surface area contributed by atoms with Gasteiger partial charge >= 0.3 is 0 Å². The molecule has 0 saturated heterocycles. The van der Waals surface area contributed by atoms with Gasteiger partial charge in [-0.1, -0.05) is 18.2 Å². The topological polar surface area (TPSA) is 84.3 Å². The predicted octanol–water partition coefficient (Wildman–Crippen LogP) is 2.89. The normalized spacial score (nSPS) is 9.85. The molecule has 0 aliphatic rings. The molecule has 6 nitrogen and oxygen atoms in total. The summed E-state index contributed by atoms with van der Waals surface area (Å²) < 4.78 is 0. The summed E-state index contributed by atoms with van der Waals surface area (Å²) in [6.45, 7) is 0. The van der Waals surface area contributed by atoms with Crippen LogP contribution >= 0.6 is 0 Å². The second kappa shape index (κ2) is 5.83. The van der Waals surface area contributed by atoms with Crippen molar-refractivity contribution in [2.24, 2.45) is 0 Å².